The molecular weight excluding hydrogens is 322 g/mol. The second-order valence-electron chi connectivity index (χ2n) is 5.23. The highest BCUT2D eigenvalue weighted by Gasteiger charge is 2.16. The van der Waals surface area contributed by atoms with Gasteiger partial charge in [0.2, 0.25) is 0 Å². The summed E-state index contributed by atoms with van der Waals surface area (Å²) < 4.78 is 5.07. The van der Waals surface area contributed by atoms with E-state index in [9.17, 15) is 14.7 Å². The molecule has 0 heterocycles. The van der Waals surface area contributed by atoms with Crippen molar-refractivity contribution >= 4 is 18.0 Å². The molecule has 0 aliphatic heterocycles. The number of benzene rings is 2. The smallest absolute Gasteiger partial charge is 0.329 e. The fourth-order valence-electron chi connectivity index (χ4n) is 2.05. The Morgan fingerprint density at radius 1 is 1.12 bits per heavy atom. The molecule has 0 bridgehead atoms. The highest BCUT2D eigenvalue weighted by Crippen LogP contribution is 2.17. The Morgan fingerprint density at radius 2 is 1.80 bits per heavy atom. The molecule has 0 unspecified atom stereocenters. The molecule has 0 aliphatic carbocycles. The number of aromatic hydroxyl groups is 1. The third-order valence-electron chi connectivity index (χ3n) is 3.48. The van der Waals surface area contributed by atoms with Crippen LogP contribution < -0.4 is 15.5 Å². The molecule has 0 aromatic heterocycles. The van der Waals surface area contributed by atoms with Crippen molar-refractivity contribution in [3.05, 3.63) is 59.7 Å². The molecule has 0 fully saturated rings. The summed E-state index contributed by atoms with van der Waals surface area (Å²) in [5, 5.41) is 15.8. The lowest BCUT2D eigenvalue weighted by Gasteiger charge is -2.13. The normalized spacial score (nSPS) is 11.8. The molecular formula is C18H19N3O4. The zero-order valence-corrected chi connectivity index (χ0v) is 13.9. The lowest BCUT2D eigenvalue weighted by molar-refractivity contribution is -0.139. The quantitative estimate of drug-likeness (QED) is 0.438. The average molecular weight is 341 g/mol. The van der Waals surface area contributed by atoms with Gasteiger partial charge in [-0.2, -0.15) is 5.10 Å². The van der Waals surface area contributed by atoms with Crippen LogP contribution in [0.1, 0.15) is 24.1 Å². The summed E-state index contributed by atoms with van der Waals surface area (Å²) in [6.45, 7) is 1.76. The number of hydrogen-bond acceptors (Lipinski definition) is 5. The average Bonchev–Trinajstić information content (AvgIpc) is 2.63. The summed E-state index contributed by atoms with van der Waals surface area (Å²) in [5.41, 5.74) is 3.38. The second-order valence-corrected chi connectivity index (χ2v) is 5.23. The number of methoxy groups -OCH3 is 1. The van der Waals surface area contributed by atoms with Gasteiger partial charge in [0.15, 0.2) is 0 Å². The molecule has 3 N–H and O–H groups in total. The minimum atomic E-state index is -0.896. The SMILES string of the molecule is COc1ccc([C@H](C)NC(=O)C(=O)N/N=C\c2ccccc2O)cc1. The number of para-hydroxylation sites is 1. The minimum absolute atomic E-state index is 0.0260. The van der Waals surface area contributed by atoms with E-state index in [-0.39, 0.29) is 11.8 Å². The molecule has 2 amide bonds. The molecule has 2 aromatic carbocycles. The monoisotopic (exact) mass is 341 g/mol. The van der Waals surface area contributed by atoms with Crippen LogP contribution in [0.4, 0.5) is 0 Å². The number of phenols is 1. The molecule has 7 heteroatoms. The summed E-state index contributed by atoms with van der Waals surface area (Å²) >= 11 is 0. The van der Waals surface area contributed by atoms with Crippen LogP contribution in [0.3, 0.4) is 0 Å². The molecule has 0 aliphatic rings. The largest absolute Gasteiger partial charge is 0.507 e. The van der Waals surface area contributed by atoms with E-state index in [1.54, 1.807) is 56.5 Å². The highest BCUT2D eigenvalue weighted by atomic mass is 16.5. The van der Waals surface area contributed by atoms with Gasteiger partial charge in [-0.15, -0.1) is 0 Å². The highest BCUT2D eigenvalue weighted by molar-refractivity contribution is 6.35. The molecule has 7 nitrogen and oxygen atoms in total. The number of carbonyl (C=O) groups is 2. The van der Waals surface area contributed by atoms with E-state index >= 15 is 0 Å². The van der Waals surface area contributed by atoms with Crippen LogP contribution in [0.5, 0.6) is 11.5 Å². The molecule has 2 aromatic rings. The third kappa shape index (κ3) is 5.07. The van der Waals surface area contributed by atoms with Gasteiger partial charge in [0.05, 0.1) is 19.4 Å². The summed E-state index contributed by atoms with van der Waals surface area (Å²) in [7, 11) is 1.57. The van der Waals surface area contributed by atoms with Crippen molar-refractivity contribution in [3.63, 3.8) is 0 Å². The molecule has 0 spiro atoms. The fraction of sp³-hybridized carbons (Fsp3) is 0.167. The van der Waals surface area contributed by atoms with Gasteiger partial charge < -0.3 is 15.2 Å². The summed E-state index contributed by atoms with van der Waals surface area (Å²) in [6.07, 6.45) is 1.26. The van der Waals surface area contributed by atoms with Crippen molar-refractivity contribution in [1.82, 2.24) is 10.7 Å². The molecule has 1 atom stereocenters. The van der Waals surface area contributed by atoms with Crippen LogP contribution in [-0.2, 0) is 9.59 Å². The molecule has 130 valence electrons. The first-order chi connectivity index (χ1) is 12.0. The van der Waals surface area contributed by atoms with E-state index in [2.05, 4.69) is 15.8 Å². The van der Waals surface area contributed by atoms with E-state index in [0.29, 0.717) is 11.3 Å². The van der Waals surface area contributed by atoms with Crippen molar-refractivity contribution in [1.29, 1.82) is 0 Å². The van der Waals surface area contributed by atoms with Gasteiger partial charge in [0, 0.05) is 5.56 Å². The number of nitrogens with zero attached hydrogens (tertiary/aromatic N) is 1. The third-order valence-corrected chi connectivity index (χ3v) is 3.48. The van der Waals surface area contributed by atoms with E-state index in [1.807, 2.05) is 0 Å². The van der Waals surface area contributed by atoms with Crippen LogP contribution in [0.25, 0.3) is 0 Å². The van der Waals surface area contributed by atoms with Crippen molar-refractivity contribution in [2.75, 3.05) is 7.11 Å². The van der Waals surface area contributed by atoms with Gasteiger partial charge in [-0.05, 0) is 36.8 Å². The Labute approximate surface area is 145 Å². The number of carbonyl (C=O) groups excluding carboxylic acids is 2. The lowest BCUT2D eigenvalue weighted by atomic mass is 10.1. The van der Waals surface area contributed by atoms with Crippen LogP contribution in [0.15, 0.2) is 53.6 Å². The lowest BCUT2D eigenvalue weighted by Crippen LogP contribution is -2.39. The predicted molar refractivity (Wildman–Crippen MR) is 93.4 cm³/mol. The number of ether oxygens (including phenoxy) is 1. The Hall–Kier alpha value is -3.35. The summed E-state index contributed by atoms with van der Waals surface area (Å²) in [5.74, 6) is -0.971. The van der Waals surface area contributed by atoms with Crippen molar-refractivity contribution in [2.45, 2.75) is 13.0 Å². The Bertz CT molecular complexity index is 772. The number of hydrogen-bond donors (Lipinski definition) is 3. The summed E-state index contributed by atoms with van der Waals surface area (Å²) in [4.78, 5) is 23.7. The van der Waals surface area contributed by atoms with Crippen molar-refractivity contribution < 1.29 is 19.4 Å². The fourth-order valence-corrected chi connectivity index (χ4v) is 2.05. The number of hydrazone groups is 1. The molecule has 2 rings (SSSR count). The zero-order chi connectivity index (χ0) is 18.2. The maximum atomic E-state index is 11.9. The Morgan fingerprint density at radius 3 is 2.44 bits per heavy atom. The van der Waals surface area contributed by atoms with Gasteiger partial charge in [-0.1, -0.05) is 24.3 Å². The number of phenolic OH excluding ortho intramolecular Hbond substituents is 1. The van der Waals surface area contributed by atoms with E-state index in [0.717, 1.165) is 5.56 Å². The van der Waals surface area contributed by atoms with Crippen LogP contribution in [0, 0.1) is 0 Å². The van der Waals surface area contributed by atoms with E-state index in [4.69, 9.17) is 4.74 Å². The Balaban J connectivity index is 1.89. The first-order valence-electron chi connectivity index (χ1n) is 7.57. The minimum Gasteiger partial charge on any atom is -0.507 e. The maximum Gasteiger partial charge on any atom is 0.329 e. The summed E-state index contributed by atoms with van der Waals surface area (Å²) in [6, 6.07) is 13.3. The molecule has 0 saturated carbocycles. The maximum absolute atomic E-state index is 11.9. The van der Waals surface area contributed by atoms with E-state index in [1.165, 1.54) is 12.3 Å². The van der Waals surface area contributed by atoms with Gasteiger partial charge in [-0.3, -0.25) is 9.59 Å². The van der Waals surface area contributed by atoms with Gasteiger partial charge in [0.1, 0.15) is 11.5 Å². The van der Waals surface area contributed by atoms with Gasteiger partial charge >= 0.3 is 11.8 Å². The molecule has 0 radical (unpaired) electrons. The van der Waals surface area contributed by atoms with Crippen molar-refractivity contribution in [2.24, 2.45) is 5.10 Å². The topological polar surface area (TPSA) is 100 Å². The van der Waals surface area contributed by atoms with Gasteiger partial charge in [-0.25, -0.2) is 5.43 Å². The standard InChI is InChI=1S/C18H19N3O4/c1-12(13-7-9-15(25-2)10-8-13)20-17(23)18(24)21-19-11-14-5-3-4-6-16(14)22/h3-12,22H,1-2H3,(H,20,23)(H,21,24)/b19-11-/t12-/m0/s1. The first-order valence-corrected chi connectivity index (χ1v) is 7.57. The van der Waals surface area contributed by atoms with Gasteiger partial charge in [0.25, 0.3) is 0 Å². The van der Waals surface area contributed by atoms with Crippen LogP contribution in [0.2, 0.25) is 0 Å². The predicted octanol–water partition coefficient (Wildman–Crippen LogP) is 1.73. The first kappa shape index (κ1) is 18.0. The van der Waals surface area contributed by atoms with Crippen LogP contribution in [-0.4, -0.2) is 30.2 Å². The Kier molecular flexibility index (Phi) is 6.11. The second kappa shape index (κ2) is 8.49. The molecule has 0 saturated heterocycles. The number of amides is 2. The molecule has 25 heavy (non-hydrogen) atoms. The number of nitrogens with one attached hydrogen (secondary N) is 2. The van der Waals surface area contributed by atoms with Crippen molar-refractivity contribution in [3.8, 4) is 11.5 Å². The zero-order valence-electron chi connectivity index (χ0n) is 13.9. The van der Waals surface area contributed by atoms with E-state index < -0.39 is 11.8 Å². The number of rotatable bonds is 5. The van der Waals surface area contributed by atoms with Crippen LogP contribution >= 0.6 is 0 Å².